The van der Waals surface area contributed by atoms with E-state index in [1.54, 1.807) is 39.8 Å². The molecule has 0 aliphatic heterocycles. The lowest BCUT2D eigenvalue weighted by Gasteiger charge is -2.41. The molecule has 0 amide bonds. The van der Waals surface area contributed by atoms with Gasteiger partial charge in [-0.05, 0) is 23.8 Å². The second-order valence-electron chi connectivity index (χ2n) is 5.63. The average Bonchev–Trinajstić information content (AvgIpc) is 2.64. The Balaban J connectivity index is 3.41. The number of alkyl halides is 2. The van der Waals surface area contributed by atoms with Crippen LogP contribution in [0.5, 0.6) is 5.75 Å². The van der Waals surface area contributed by atoms with Gasteiger partial charge in [-0.1, -0.05) is 39.8 Å². The van der Waals surface area contributed by atoms with E-state index < -0.39 is 18.9 Å². The summed E-state index contributed by atoms with van der Waals surface area (Å²) in [5, 5.41) is 0. The highest BCUT2D eigenvalue weighted by Crippen LogP contribution is 2.67. The molecular formula is C18H28F3N2O2P. The summed E-state index contributed by atoms with van der Waals surface area (Å²) in [4.78, 5) is 0. The summed E-state index contributed by atoms with van der Waals surface area (Å²) in [5.74, 6) is -1.17. The number of halogens is 3. The zero-order valence-corrected chi connectivity index (χ0v) is 16.9. The van der Waals surface area contributed by atoms with Crippen LogP contribution in [-0.4, -0.2) is 48.3 Å². The third-order valence-electron chi connectivity index (χ3n) is 4.29. The van der Waals surface area contributed by atoms with Crippen LogP contribution in [0.15, 0.2) is 30.1 Å². The summed E-state index contributed by atoms with van der Waals surface area (Å²) >= 11 is 0. The monoisotopic (exact) mass is 392 g/mol. The molecule has 0 fully saturated rings. The van der Waals surface area contributed by atoms with Gasteiger partial charge in [0.25, 0.3) is 7.44 Å². The number of hydrogen-bond acceptors (Lipinski definition) is 2. The molecule has 0 N–H and O–H groups in total. The number of allylic oxidation sites excluding steroid dienone is 1. The highest BCUT2D eigenvalue weighted by Gasteiger charge is 2.59. The van der Waals surface area contributed by atoms with Crippen molar-refractivity contribution in [1.29, 1.82) is 0 Å². The summed E-state index contributed by atoms with van der Waals surface area (Å²) < 4.78 is 65.8. The fourth-order valence-electron chi connectivity index (χ4n) is 2.82. The van der Waals surface area contributed by atoms with Gasteiger partial charge in [0.05, 0.1) is 7.11 Å². The van der Waals surface area contributed by atoms with Gasteiger partial charge in [-0.15, -0.1) is 0 Å². The van der Waals surface area contributed by atoms with Gasteiger partial charge in [-0.3, -0.25) is 4.57 Å². The minimum absolute atomic E-state index is 0.135. The second-order valence-corrected chi connectivity index (χ2v) is 8.41. The fourth-order valence-corrected chi connectivity index (χ4v) is 5.77. The molecule has 0 bridgehead atoms. The van der Waals surface area contributed by atoms with Gasteiger partial charge in [0.2, 0.25) is 0 Å². The Kier molecular flexibility index (Phi) is 8.38. The minimum atomic E-state index is -4.49. The molecular weight excluding hydrogens is 364 g/mol. The van der Waals surface area contributed by atoms with Gasteiger partial charge in [-0.25, -0.2) is 13.7 Å². The van der Waals surface area contributed by atoms with Gasteiger partial charge in [0.15, 0.2) is 5.83 Å². The third kappa shape index (κ3) is 4.33. The van der Waals surface area contributed by atoms with Crippen molar-refractivity contribution in [2.75, 3.05) is 33.3 Å². The number of hydrogen-bond donors (Lipinski definition) is 0. The third-order valence-corrected chi connectivity index (χ3v) is 7.90. The lowest BCUT2D eigenvalue weighted by Crippen LogP contribution is -2.40. The first kappa shape index (κ1) is 22.7. The molecule has 1 rings (SSSR count). The Morgan fingerprint density at radius 1 is 1.04 bits per heavy atom. The van der Waals surface area contributed by atoms with E-state index in [1.807, 2.05) is 0 Å². The van der Waals surface area contributed by atoms with Crippen LogP contribution in [0.4, 0.5) is 13.2 Å². The number of ether oxygens (including phenoxy) is 1. The van der Waals surface area contributed by atoms with Crippen molar-refractivity contribution < 1.29 is 22.5 Å². The van der Waals surface area contributed by atoms with Crippen LogP contribution in [0.25, 0.3) is 6.08 Å². The SMILES string of the molecule is CCN(CC)P(=O)(N(CC)CC)C(F)(F)C(F)=Cc1ccc(OC)cc1. The largest absolute Gasteiger partial charge is 0.497 e. The summed E-state index contributed by atoms with van der Waals surface area (Å²) in [6.45, 7) is 7.10. The Morgan fingerprint density at radius 2 is 1.46 bits per heavy atom. The zero-order chi connectivity index (χ0) is 20.0. The minimum Gasteiger partial charge on any atom is -0.497 e. The van der Waals surface area contributed by atoms with Crippen molar-refractivity contribution in [3.8, 4) is 5.75 Å². The molecule has 0 aliphatic rings. The smallest absolute Gasteiger partial charge is 0.375 e. The van der Waals surface area contributed by atoms with Crippen LogP contribution >= 0.6 is 7.44 Å². The Bertz CT molecular complexity index is 626. The molecule has 8 heteroatoms. The molecule has 0 aromatic heterocycles. The number of rotatable bonds is 10. The molecule has 1 aromatic carbocycles. The highest BCUT2D eigenvalue weighted by molar-refractivity contribution is 7.60. The molecule has 0 aliphatic carbocycles. The molecule has 0 unspecified atom stereocenters. The Labute approximate surface area is 154 Å². The summed E-state index contributed by atoms with van der Waals surface area (Å²) in [7, 11) is -3.01. The van der Waals surface area contributed by atoms with E-state index in [4.69, 9.17) is 4.74 Å². The maximum atomic E-state index is 15.1. The maximum absolute atomic E-state index is 15.1. The fraction of sp³-hybridized carbons (Fsp3) is 0.556. The Morgan fingerprint density at radius 3 is 1.81 bits per heavy atom. The van der Waals surface area contributed by atoms with E-state index in [-0.39, 0.29) is 31.7 Å². The van der Waals surface area contributed by atoms with Gasteiger partial charge >= 0.3 is 5.66 Å². The molecule has 0 radical (unpaired) electrons. The van der Waals surface area contributed by atoms with E-state index in [0.29, 0.717) is 5.75 Å². The number of methoxy groups -OCH3 is 1. The topological polar surface area (TPSA) is 32.8 Å². The molecule has 0 saturated carbocycles. The molecule has 4 nitrogen and oxygen atoms in total. The van der Waals surface area contributed by atoms with Crippen LogP contribution in [0.1, 0.15) is 33.3 Å². The quantitative estimate of drug-likeness (QED) is 0.494. The highest BCUT2D eigenvalue weighted by atomic mass is 31.2. The molecule has 0 heterocycles. The summed E-state index contributed by atoms with van der Waals surface area (Å²) in [6.07, 6.45) is 0.735. The van der Waals surface area contributed by atoms with E-state index in [9.17, 15) is 8.96 Å². The van der Waals surface area contributed by atoms with Gasteiger partial charge in [0.1, 0.15) is 5.75 Å². The normalized spacial score (nSPS) is 13.5. The lowest BCUT2D eigenvalue weighted by molar-refractivity contribution is 0.0831. The average molecular weight is 392 g/mol. The first-order chi connectivity index (χ1) is 12.2. The van der Waals surface area contributed by atoms with Crippen molar-refractivity contribution in [1.82, 2.24) is 9.34 Å². The van der Waals surface area contributed by atoms with Crippen LogP contribution in [0.2, 0.25) is 0 Å². The first-order valence-electron chi connectivity index (χ1n) is 8.73. The van der Waals surface area contributed by atoms with Crippen molar-refractivity contribution in [3.63, 3.8) is 0 Å². The van der Waals surface area contributed by atoms with Crippen LogP contribution in [-0.2, 0) is 4.57 Å². The van der Waals surface area contributed by atoms with Gasteiger partial charge in [-0.2, -0.15) is 8.78 Å². The lowest BCUT2D eigenvalue weighted by atomic mass is 10.2. The van der Waals surface area contributed by atoms with Gasteiger partial charge < -0.3 is 4.74 Å². The van der Waals surface area contributed by atoms with Crippen molar-refractivity contribution in [2.24, 2.45) is 0 Å². The molecule has 26 heavy (non-hydrogen) atoms. The standard InChI is InChI=1S/C18H28F3N2O2P/c1-6-22(7-2)26(24,23(8-3)9-4)18(20,21)17(19)14-15-10-12-16(25-5)13-11-15/h10-14H,6-9H2,1-5H3. The Hall–Kier alpha value is -1.30. The van der Waals surface area contributed by atoms with E-state index in [1.165, 1.54) is 28.6 Å². The van der Waals surface area contributed by atoms with Crippen LogP contribution < -0.4 is 4.74 Å². The van der Waals surface area contributed by atoms with E-state index in [2.05, 4.69) is 0 Å². The summed E-state index contributed by atoms with van der Waals surface area (Å²) in [5.41, 5.74) is -3.88. The summed E-state index contributed by atoms with van der Waals surface area (Å²) in [6, 6.07) is 6.03. The van der Waals surface area contributed by atoms with E-state index >= 15 is 8.78 Å². The van der Waals surface area contributed by atoms with Crippen LogP contribution in [0, 0.1) is 0 Å². The number of nitrogens with zero attached hydrogens (tertiary/aromatic N) is 2. The zero-order valence-electron chi connectivity index (χ0n) is 16.0. The number of benzene rings is 1. The first-order valence-corrected chi connectivity index (χ1v) is 10.3. The molecule has 1 aromatic rings. The van der Waals surface area contributed by atoms with Crippen molar-refractivity contribution in [2.45, 2.75) is 33.4 Å². The van der Waals surface area contributed by atoms with Crippen molar-refractivity contribution >= 4 is 13.5 Å². The molecule has 0 saturated heterocycles. The molecule has 0 spiro atoms. The maximum Gasteiger partial charge on any atom is 0.375 e. The predicted molar refractivity (Wildman–Crippen MR) is 100 cm³/mol. The second kappa shape index (κ2) is 9.58. The molecule has 148 valence electrons. The van der Waals surface area contributed by atoms with E-state index in [0.717, 1.165) is 6.08 Å². The van der Waals surface area contributed by atoms with Crippen LogP contribution in [0.3, 0.4) is 0 Å². The predicted octanol–water partition coefficient (Wildman–Crippen LogP) is 5.48. The molecule has 0 atom stereocenters. The van der Waals surface area contributed by atoms with Gasteiger partial charge in [0, 0.05) is 26.2 Å². The van der Waals surface area contributed by atoms with Crippen molar-refractivity contribution in [3.05, 3.63) is 35.7 Å².